The first kappa shape index (κ1) is 25.1. The summed E-state index contributed by atoms with van der Waals surface area (Å²) in [5.74, 6) is 0.278. The van der Waals surface area contributed by atoms with Crippen LogP contribution >= 0.6 is 0 Å². The summed E-state index contributed by atoms with van der Waals surface area (Å²) in [6.07, 6.45) is 7.56. The van der Waals surface area contributed by atoms with Crippen molar-refractivity contribution in [2.75, 3.05) is 18.4 Å². The molecule has 192 valence electrons. The molecule has 2 amide bonds. The van der Waals surface area contributed by atoms with Gasteiger partial charge in [0.15, 0.2) is 0 Å². The second-order valence-electron chi connectivity index (χ2n) is 10.1. The lowest BCUT2D eigenvalue weighted by Gasteiger charge is -2.30. The number of pyridine rings is 1. The van der Waals surface area contributed by atoms with Gasteiger partial charge in [-0.1, -0.05) is 36.4 Å². The largest absolute Gasteiger partial charge is 0.444 e. The number of anilines is 1. The van der Waals surface area contributed by atoms with Crippen molar-refractivity contribution in [2.45, 2.75) is 32.8 Å². The molecule has 0 unspecified atom stereocenters. The van der Waals surface area contributed by atoms with Gasteiger partial charge in [0.2, 0.25) is 0 Å². The molecule has 38 heavy (non-hydrogen) atoms. The van der Waals surface area contributed by atoms with Crippen molar-refractivity contribution in [1.82, 2.24) is 19.9 Å². The van der Waals surface area contributed by atoms with Gasteiger partial charge in [0.05, 0.1) is 5.52 Å². The number of hydrogen-bond donors (Lipinski definition) is 1. The topological polar surface area (TPSA) is 97.3 Å². The standard InChI is InChI=1S/C30H29N5O3/c1-30(2,3)38-29(37)35-16-6-7-22(18-35)24-14-13-23(25-17-31-19-33-27(24)25)20-9-11-21(12-10-20)28(36)34-26-8-4-5-15-32-26/h4-5,7-15,17,19H,6,16,18H2,1-3H3,(H,32,34,36). The molecule has 2 aromatic heterocycles. The van der Waals surface area contributed by atoms with Crippen molar-refractivity contribution in [3.8, 4) is 11.1 Å². The third-order valence-corrected chi connectivity index (χ3v) is 6.19. The number of aromatic nitrogens is 3. The zero-order valence-corrected chi connectivity index (χ0v) is 21.6. The first-order valence-corrected chi connectivity index (χ1v) is 12.5. The molecule has 0 radical (unpaired) electrons. The third-order valence-electron chi connectivity index (χ3n) is 6.19. The fraction of sp³-hybridized carbons (Fsp3) is 0.233. The zero-order chi connectivity index (χ0) is 26.7. The molecule has 0 fully saturated rings. The van der Waals surface area contributed by atoms with E-state index in [0.717, 1.165) is 39.6 Å². The molecule has 8 nitrogen and oxygen atoms in total. The minimum absolute atomic E-state index is 0.224. The predicted octanol–water partition coefficient (Wildman–Crippen LogP) is 5.97. The van der Waals surface area contributed by atoms with Crippen LogP contribution in [0.3, 0.4) is 0 Å². The Morgan fingerprint density at radius 1 is 0.974 bits per heavy atom. The molecule has 1 aliphatic rings. The SMILES string of the molecule is CC(C)(C)OC(=O)N1CCC=C(c2ccc(-c3ccc(C(=O)Nc4ccccn4)cc3)c3cncnc23)C1. The minimum atomic E-state index is -0.547. The van der Waals surface area contributed by atoms with Crippen LogP contribution in [0.1, 0.15) is 43.1 Å². The van der Waals surface area contributed by atoms with Gasteiger partial charge in [-0.3, -0.25) is 4.79 Å². The Morgan fingerprint density at radius 2 is 1.76 bits per heavy atom. The number of carbonyl (C=O) groups excluding carboxylic acids is 2. The molecule has 5 rings (SSSR count). The molecule has 1 N–H and O–H groups in total. The molecule has 3 heterocycles. The molecule has 2 aromatic carbocycles. The van der Waals surface area contributed by atoms with Crippen molar-refractivity contribution < 1.29 is 14.3 Å². The number of nitrogens with one attached hydrogen (secondary N) is 1. The molecular formula is C30H29N5O3. The van der Waals surface area contributed by atoms with Crippen LogP contribution in [0.25, 0.3) is 27.6 Å². The average molecular weight is 508 g/mol. The van der Waals surface area contributed by atoms with Crippen LogP contribution in [0.15, 0.2) is 79.4 Å². The lowest BCUT2D eigenvalue weighted by atomic mass is 9.93. The van der Waals surface area contributed by atoms with Gasteiger partial charge in [0.1, 0.15) is 17.7 Å². The van der Waals surface area contributed by atoms with Crippen molar-refractivity contribution in [3.63, 3.8) is 0 Å². The molecule has 8 heteroatoms. The second kappa shape index (κ2) is 10.4. The summed E-state index contributed by atoms with van der Waals surface area (Å²) in [5.41, 5.74) is 4.69. The van der Waals surface area contributed by atoms with Crippen LogP contribution in [0, 0.1) is 0 Å². The number of benzene rings is 2. The van der Waals surface area contributed by atoms with Gasteiger partial charge in [-0.15, -0.1) is 0 Å². The first-order valence-electron chi connectivity index (χ1n) is 12.5. The highest BCUT2D eigenvalue weighted by molar-refractivity contribution is 6.05. The first-order chi connectivity index (χ1) is 18.3. The molecule has 1 aliphatic heterocycles. The van der Waals surface area contributed by atoms with Crippen LogP contribution in [0.5, 0.6) is 0 Å². The highest BCUT2D eigenvalue weighted by atomic mass is 16.6. The van der Waals surface area contributed by atoms with E-state index >= 15 is 0 Å². The highest BCUT2D eigenvalue weighted by Crippen LogP contribution is 2.34. The molecule has 0 saturated heterocycles. The maximum Gasteiger partial charge on any atom is 0.410 e. The van der Waals surface area contributed by atoms with Crippen molar-refractivity contribution in [1.29, 1.82) is 0 Å². The Kier molecular flexibility index (Phi) is 6.87. The van der Waals surface area contributed by atoms with Gasteiger partial charge < -0.3 is 15.0 Å². The van der Waals surface area contributed by atoms with Crippen molar-refractivity contribution in [2.24, 2.45) is 0 Å². The lowest BCUT2D eigenvalue weighted by Crippen LogP contribution is -2.39. The monoisotopic (exact) mass is 507 g/mol. The maximum absolute atomic E-state index is 12.7. The predicted molar refractivity (Wildman–Crippen MR) is 148 cm³/mol. The smallest absolute Gasteiger partial charge is 0.410 e. The van der Waals surface area contributed by atoms with E-state index in [9.17, 15) is 9.59 Å². The van der Waals surface area contributed by atoms with E-state index < -0.39 is 5.60 Å². The fourth-order valence-electron chi connectivity index (χ4n) is 4.44. The van der Waals surface area contributed by atoms with Gasteiger partial charge >= 0.3 is 6.09 Å². The maximum atomic E-state index is 12.7. The molecule has 0 aliphatic carbocycles. The van der Waals surface area contributed by atoms with Gasteiger partial charge in [-0.05, 0) is 68.2 Å². The summed E-state index contributed by atoms with van der Waals surface area (Å²) in [6.45, 7) is 6.67. The van der Waals surface area contributed by atoms with Gasteiger partial charge in [-0.2, -0.15) is 0 Å². The number of amides is 2. The molecule has 0 atom stereocenters. The van der Waals surface area contributed by atoms with E-state index in [1.165, 1.54) is 6.33 Å². The van der Waals surface area contributed by atoms with E-state index in [4.69, 9.17) is 4.74 Å². The average Bonchev–Trinajstić information content (AvgIpc) is 2.92. The highest BCUT2D eigenvalue weighted by Gasteiger charge is 2.25. The van der Waals surface area contributed by atoms with E-state index in [-0.39, 0.29) is 12.0 Å². The lowest BCUT2D eigenvalue weighted by molar-refractivity contribution is 0.0273. The second-order valence-corrected chi connectivity index (χ2v) is 10.1. The van der Waals surface area contributed by atoms with E-state index in [1.54, 1.807) is 41.6 Å². The Bertz CT molecular complexity index is 1510. The Morgan fingerprint density at radius 3 is 2.50 bits per heavy atom. The minimum Gasteiger partial charge on any atom is -0.444 e. The molecular weight excluding hydrogens is 478 g/mol. The fourth-order valence-corrected chi connectivity index (χ4v) is 4.44. The normalized spacial score (nSPS) is 13.7. The van der Waals surface area contributed by atoms with Crippen LogP contribution in [-0.2, 0) is 4.74 Å². The quantitative estimate of drug-likeness (QED) is 0.366. The summed E-state index contributed by atoms with van der Waals surface area (Å²) in [4.78, 5) is 40.1. The van der Waals surface area contributed by atoms with Crippen LogP contribution in [-0.4, -0.2) is 50.5 Å². The summed E-state index contributed by atoms with van der Waals surface area (Å²) in [7, 11) is 0. The van der Waals surface area contributed by atoms with Gasteiger partial charge in [-0.25, -0.2) is 19.7 Å². The van der Waals surface area contributed by atoms with E-state index in [0.29, 0.717) is 24.5 Å². The summed E-state index contributed by atoms with van der Waals surface area (Å²) in [5, 5.41) is 3.70. The molecule has 0 bridgehead atoms. The summed E-state index contributed by atoms with van der Waals surface area (Å²) >= 11 is 0. The summed E-state index contributed by atoms with van der Waals surface area (Å²) in [6, 6.07) is 16.9. The summed E-state index contributed by atoms with van der Waals surface area (Å²) < 4.78 is 5.59. The Balaban J connectivity index is 1.41. The number of fused-ring (bicyclic) bond motifs is 1. The third kappa shape index (κ3) is 5.54. The number of ether oxygens (including phenoxy) is 1. The van der Waals surface area contributed by atoms with Crippen molar-refractivity contribution >= 4 is 34.3 Å². The van der Waals surface area contributed by atoms with Crippen LogP contribution < -0.4 is 5.32 Å². The molecule has 0 spiro atoms. The van der Waals surface area contributed by atoms with E-state index in [1.807, 2.05) is 51.1 Å². The molecule has 4 aromatic rings. The van der Waals surface area contributed by atoms with Gasteiger partial charge in [0.25, 0.3) is 5.91 Å². The van der Waals surface area contributed by atoms with Crippen LogP contribution in [0.2, 0.25) is 0 Å². The number of nitrogens with zero attached hydrogens (tertiary/aromatic N) is 4. The Hall–Kier alpha value is -4.59. The number of carbonyl (C=O) groups is 2. The van der Waals surface area contributed by atoms with E-state index in [2.05, 4.69) is 26.3 Å². The number of rotatable bonds is 4. The van der Waals surface area contributed by atoms with Crippen LogP contribution in [0.4, 0.5) is 10.6 Å². The Labute approximate surface area is 221 Å². The van der Waals surface area contributed by atoms with Crippen molar-refractivity contribution in [3.05, 3.63) is 90.5 Å². The van der Waals surface area contributed by atoms with Gasteiger partial charge in [0, 0.05) is 42.0 Å². The zero-order valence-electron chi connectivity index (χ0n) is 21.6. The molecule has 0 saturated carbocycles. The number of hydrogen-bond acceptors (Lipinski definition) is 6.